The highest BCUT2D eigenvalue weighted by Crippen LogP contribution is 2.24. The average molecular weight is 340 g/mol. The van der Waals surface area contributed by atoms with Crippen molar-refractivity contribution >= 4 is 21.6 Å². The van der Waals surface area contributed by atoms with Crippen LogP contribution in [-0.4, -0.2) is 6.04 Å². The van der Waals surface area contributed by atoms with Crippen LogP contribution in [-0.2, 0) is 6.42 Å². The minimum Gasteiger partial charge on any atom is -0.380 e. The molecule has 4 heteroatoms. The fraction of sp³-hybridized carbons (Fsp3) is 0.250. The maximum atomic E-state index is 13.8. The number of anilines is 1. The van der Waals surface area contributed by atoms with E-state index in [4.69, 9.17) is 0 Å². The number of halogens is 3. The van der Waals surface area contributed by atoms with Crippen molar-refractivity contribution < 1.29 is 8.78 Å². The molecule has 0 aliphatic carbocycles. The molecule has 2 aromatic carbocycles. The summed E-state index contributed by atoms with van der Waals surface area (Å²) < 4.78 is 27.4. The minimum atomic E-state index is -0.469. The van der Waals surface area contributed by atoms with Gasteiger partial charge in [0.2, 0.25) is 0 Å². The van der Waals surface area contributed by atoms with Crippen molar-refractivity contribution in [3.05, 3.63) is 64.1 Å². The zero-order valence-electron chi connectivity index (χ0n) is 11.2. The first-order chi connectivity index (χ1) is 9.60. The molecule has 1 unspecified atom stereocenters. The molecule has 0 heterocycles. The van der Waals surface area contributed by atoms with Gasteiger partial charge >= 0.3 is 0 Å². The molecular formula is C16H16BrF2N. The zero-order valence-corrected chi connectivity index (χ0v) is 12.8. The van der Waals surface area contributed by atoms with Gasteiger partial charge in [0.05, 0.1) is 10.2 Å². The summed E-state index contributed by atoms with van der Waals surface area (Å²) in [6.45, 7) is 2.02. The Hall–Kier alpha value is -1.42. The summed E-state index contributed by atoms with van der Waals surface area (Å²) in [5.74, 6) is -0.923. The van der Waals surface area contributed by atoms with Crippen molar-refractivity contribution in [1.29, 1.82) is 0 Å². The lowest BCUT2D eigenvalue weighted by Crippen LogP contribution is -2.22. The molecular weight excluding hydrogens is 324 g/mol. The molecule has 0 amide bonds. The molecule has 0 radical (unpaired) electrons. The quantitative estimate of drug-likeness (QED) is 0.742. The van der Waals surface area contributed by atoms with Crippen molar-refractivity contribution in [2.45, 2.75) is 25.8 Å². The summed E-state index contributed by atoms with van der Waals surface area (Å²) in [5, 5.41) is 3.08. The van der Waals surface area contributed by atoms with Crippen LogP contribution in [0.2, 0.25) is 0 Å². The van der Waals surface area contributed by atoms with Crippen LogP contribution in [0, 0.1) is 11.6 Å². The smallest absolute Gasteiger partial charge is 0.147 e. The topological polar surface area (TPSA) is 12.0 Å². The molecule has 1 atom stereocenters. The van der Waals surface area contributed by atoms with Crippen LogP contribution >= 0.6 is 15.9 Å². The van der Waals surface area contributed by atoms with Gasteiger partial charge in [-0.25, -0.2) is 8.78 Å². The molecule has 0 aromatic heterocycles. The third-order valence-electron chi connectivity index (χ3n) is 3.19. The van der Waals surface area contributed by atoms with Crippen LogP contribution in [0.25, 0.3) is 0 Å². The third-order valence-corrected chi connectivity index (χ3v) is 3.80. The molecule has 1 N–H and O–H groups in total. The van der Waals surface area contributed by atoms with Crippen molar-refractivity contribution in [1.82, 2.24) is 0 Å². The molecule has 0 aliphatic heterocycles. The lowest BCUT2D eigenvalue weighted by Gasteiger charge is -2.19. The molecule has 20 heavy (non-hydrogen) atoms. The van der Waals surface area contributed by atoms with E-state index >= 15 is 0 Å². The molecule has 0 saturated heterocycles. The highest BCUT2D eigenvalue weighted by atomic mass is 79.9. The molecule has 0 aliphatic rings. The molecule has 0 bridgehead atoms. The average Bonchev–Trinajstić information content (AvgIpc) is 2.45. The van der Waals surface area contributed by atoms with Crippen molar-refractivity contribution in [2.24, 2.45) is 0 Å². The minimum absolute atomic E-state index is 0.0625. The number of hydrogen-bond acceptors (Lipinski definition) is 1. The second-order valence-electron chi connectivity index (χ2n) is 4.69. The van der Waals surface area contributed by atoms with E-state index in [0.717, 1.165) is 18.9 Å². The van der Waals surface area contributed by atoms with Gasteiger partial charge in [-0.05, 0) is 40.4 Å². The van der Waals surface area contributed by atoms with Gasteiger partial charge in [0.15, 0.2) is 0 Å². The van der Waals surface area contributed by atoms with Gasteiger partial charge in [0.1, 0.15) is 11.6 Å². The first kappa shape index (κ1) is 15.0. The first-order valence-corrected chi connectivity index (χ1v) is 7.34. The van der Waals surface area contributed by atoms with Crippen LogP contribution in [0.4, 0.5) is 14.5 Å². The molecule has 1 nitrogen and oxygen atoms in total. The maximum Gasteiger partial charge on any atom is 0.147 e. The van der Waals surface area contributed by atoms with Gasteiger partial charge in [0, 0.05) is 12.1 Å². The Bertz CT molecular complexity index is 572. The monoisotopic (exact) mass is 339 g/mol. The number of benzene rings is 2. The van der Waals surface area contributed by atoms with Crippen molar-refractivity contribution in [3.63, 3.8) is 0 Å². The number of rotatable bonds is 5. The van der Waals surface area contributed by atoms with Gasteiger partial charge in [-0.2, -0.15) is 0 Å². The largest absolute Gasteiger partial charge is 0.380 e. The van der Waals surface area contributed by atoms with Gasteiger partial charge < -0.3 is 5.32 Å². The predicted octanol–water partition coefficient (Wildman–Crippen LogP) is 5.16. The van der Waals surface area contributed by atoms with Crippen LogP contribution in [0.5, 0.6) is 0 Å². The highest BCUT2D eigenvalue weighted by molar-refractivity contribution is 9.10. The lowest BCUT2D eigenvalue weighted by molar-refractivity contribution is 0.590. The molecule has 2 aromatic rings. The van der Waals surface area contributed by atoms with Gasteiger partial charge in [-0.15, -0.1) is 0 Å². The molecule has 0 spiro atoms. The van der Waals surface area contributed by atoms with Crippen LogP contribution < -0.4 is 5.32 Å². The van der Waals surface area contributed by atoms with Crippen molar-refractivity contribution in [3.8, 4) is 0 Å². The molecule has 2 rings (SSSR count). The summed E-state index contributed by atoms with van der Waals surface area (Å²) in [6.07, 6.45) is 1.60. The second-order valence-corrected chi connectivity index (χ2v) is 5.54. The van der Waals surface area contributed by atoms with Gasteiger partial charge in [0.25, 0.3) is 0 Å². The molecule has 106 valence electrons. The number of nitrogens with one attached hydrogen (secondary N) is 1. The highest BCUT2D eigenvalue weighted by Gasteiger charge is 2.13. The van der Waals surface area contributed by atoms with E-state index in [1.165, 1.54) is 11.6 Å². The summed E-state index contributed by atoms with van der Waals surface area (Å²) >= 11 is 2.97. The fourth-order valence-electron chi connectivity index (χ4n) is 2.05. The van der Waals surface area contributed by atoms with E-state index in [1.807, 2.05) is 37.3 Å². The Labute approximate surface area is 126 Å². The Kier molecular flexibility index (Phi) is 5.12. The Balaban J connectivity index is 2.12. The SMILES string of the molecule is CCC(Cc1ccccc1)Nc1cc(F)c(Br)cc1F. The second kappa shape index (κ2) is 6.84. The van der Waals surface area contributed by atoms with Gasteiger partial charge in [-0.1, -0.05) is 37.3 Å². The van der Waals surface area contributed by atoms with Crippen molar-refractivity contribution in [2.75, 3.05) is 5.32 Å². The zero-order chi connectivity index (χ0) is 14.5. The van der Waals surface area contributed by atoms with E-state index < -0.39 is 11.6 Å². The summed E-state index contributed by atoms with van der Waals surface area (Å²) in [4.78, 5) is 0. The predicted molar refractivity (Wildman–Crippen MR) is 81.9 cm³/mol. The summed E-state index contributed by atoms with van der Waals surface area (Å²) in [7, 11) is 0. The third kappa shape index (κ3) is 3.79. The van der Waals surface area contributed by atoms with E-state index in [0.29, 0.717) is 0 Å². The maximum absolute atomic E-state index is 13.8. The van der Waals surface area contributed by atoms with Gasteiger partial charge in [-0.3, -0.25) is 0 Å². The standard InChI is InChI=1S/C16H16BrF2N/c1-2-12(8-11-6-4-3-5-7-11)20-16-10-14(18)13(17)9-15(16)19/h3-7,9-10,12,20H,2,8H2,1H3. The van der Waals surface area contributed by atoms with Crippen LogP contribution in [0.15, 0.2) is 46.9 Å². The molecule has 0 saturated carbocycles. The summed E-state index contributed by atoms with van der Waals surface area (Å²) in [6, 6.07) is 12.4. The normalized spacial score (nSPS) is 12.2. The van der Waals surface area contributed by atoms with Crippen LogP contribution in [0.3, 0.4) is 0 Å². The van der Waals surface area contributed by atoms with E-state index in [2.05, 4.69) is 21.2 Å². The Morgan fingerprint density at radius 2 is 1.80 bits per heavy atom. The Morgan fingerprint density at radius 1 is 1.10 bits per heavy atom. The Morgan fingerprint density at radius 3 is 2.45 bits per heavy atom. The first-order valence-electron chi connectivity index (χ1n) is 6.55. The fourth-order valence-corrected chi connectivity index (χ4v) is 2.36. The summed E-state index contributed by atoms with van der Waals surface area (Å²) in [5.41, 5.74) is 1.37. The van der Waals surface area contributed by atoms with Crippen LogP contribution in [0.1, 0.15) is 18.9 Å². The number of hydrogen-bond donors (Lipinski definition) is 1. The van der Waals surface area contributed by atoms with E-state index in [9.17, 15) is 8.78 Å². The molecule has 0 fully saturated rings. The van der Waals surface area contributed by atoms with E-state index in [1.54, 1.807) is 0 Å². The van der Waals surface area contributed by atoms with E-state index in [-0.39, 0.29) is 16.2 Å². The lowest BCUT2D eigenvalue weighted by atomic mass is 10.0.